The van der Waals surface area contributed by atoms with Crippen LogP contribution in [-0.4, -0.2) is 30.6 Å². The van der Waals surface area contributed by atoms with Crippen LogP contribution in [0.2, 0.25) is 0 Å². The third-order valence-corrected chi connectivity index (χ3v) is 4.08. The van der Waals surface area contributed by atoms with E-state index in [1.54, 1.807) is 4.68 Å². The molecule has 2 aromatic heterocycles. The first kappa shape index (κ1) is 13.9. The van der Waals surface area contributed by atoms with E-state index in [0.717, 1.165) is 61.2 Å². The Bertz CT molecular complexity index is 684. The molecule has 6 heteroatoms. The molecule has 0 saturated heterocycles. The van der Waals surface area contributed by atoms with Crippen LogP contribution in [0, 0.1) is 0 Å². The summed E-state index contributed by atoms with van der Waals surface area (Å²) in [7, 11) is 1.88. The molecule has 1 aliphatic carbocycles. The van der Waals surface area contributed by atoms with E-state index in [1.165, 1.54) is 0 Å². The van der Waals surface area contributed by atoms with Crippen LogP contribution in [0.4, 0.5) is 0 Å². The third-order valence-electron chi connectivity index (χ3n) is 4.08. The summed E-state index contributed by atoms with van der Waals surface area (Å²) < 4.78 is 3.58. The number of aromatic nitrogens is 4. The summed E-state index contributed by atoms with van der Waals surface area (Å²) in [6.07, 6.45) is 7.66. The predicted octanol–water partition coefficient (Wildman–Crippen LogP) is 2.14. The number of aromatic carboxylic acids is 1. The summed E-state index contributed by atoms with van der Waals surface area (Å²) in [5, 5.41) is 18.3. The largest absolute Gasteiger partial charge is 0.476 e. The van der Waals surface area contributed by atoms with E-state index in [0.29, 0.717) is 0 Å². The van der Waals surface area contributed by atoms with Crippen molar-refractivity contribution in [1.29, 1.82) is 0 Å². The Balaban J connectivity index is 2.20. The minimum Gasteiger partial charge on any atom is -0.476 e. The predicted molar refractivity (Wildman–Crippen MR) is 77.9 cm³/mol. The second kappa shape index (κ2) is 5.35. The first-order valence-corrected chi connectivity index (χ1v) is 7.48. The maximum absolute atomic E-state index is 11.5. The highest BCUT2D eigenvalue weighted by Crippen LogP contribution is 2.27. The van der Waals surface area contributed by atoms with Crippen molar-refractivity contribution in [2.75, 3.05) is 0 Å². The van der Waals surface area contributed by atoms with Crippen molar-refractivity contribution >= 4 is 5.97 Å². The molecule has 0 fully saturated rings. The van der Waals surface area contributed by atoms with Crippen molar-refractivity contribution in [1.82, 2.24) is 19.6 Å². The molecule has 0 unspecified atom stereocenters. The van der Waals surface area contributed by atoms with Crippen molar-refractivity contribution in [3.8, 4) is 5.69 Å². The minimum absolute atomic E-state index is 0.206. The van der Waals surface area contributed by atoms with Gasteiger partial charge in [-0.3, -0.25) is 4.68 Å². The molecule has 3 rings (SSSR count). The molecule has 0 aliphatic heterocycles. The number of hydrogen-bond donors (Lipinski definition) is 1. The quantitative estimate of drug-likeness (QED) is 0.878. The number of nitrogens with zero attached hydrogens (tertiary/aromatic N) is 4. The van der Waals surface area contributed by atoms with Crippen molar-refractivity contribution in [3.63, 3.8) is 0 Å². The highest BCUT2D eigenvalue weighted by Gasteiger charge is 2.25. The first-order valence-electron chi connectivity index (χ1n) is 7.48. The van der Waals surface area contributed by atoms with Gasteiger partial charge in [0.2, 0.25) is 0 Å². The Labute approximate surface area is 123 Å². The summed E-state index contributed by atoms with van der Waals surface area (Å²) in [4.78, 5) is 11.5. The standard InChI is InChI=1S/C15H20N4O2/c1-3-11-13(9-18(2)16-11)19-12-8-6-4-5-7-10(12)14(17-19)15(20)21/h9H,3-8H2,1-2H3,(H,20,21). The van der Waals surface area contributed by atoms with Crippen molar-refractivity contribution in [2.45, 2.75) is 45.4 Å². The van der Waals surface area contributed by atoms with Crippen LogP contribution in [0.5, 0.6) is 0 Å². The van der Waals surface area contributed by atoms with Gasteiger partial charge in [-0.2, -0.15) is 10.2 Å². The van der Waals surface area contributed by atoms with Crippen LogP contribution in [-0.2, 0) is 26.3 Å². The molecular weight excluding hydrogens is 268 g/mol. The lowest BCUT2D eigenvalue weighted by Crippen LogP contribution is -2.05. The smallest absolute Gasteiger partial charge is 0.356 e. The molecule has 0 atom stereocenters. The topological polar surface area (TPSA) is 72.9 Å². The van der Waals surface area contributed by atoms with Crippen LogP contribution in [0.25, 0.3) is 5.69 Å². The van der Waals surface area contributed by atoms with Gasteiger partial charge in [0.15, 0.2) is 5.69 Å². The first-order chi connectivity index (χ1) is 10.1. The lowest BCUT2D eigenvalue weighted by molar-refractivity contribution is 0.0688. The molecule has 0 spiro atoms. The summed E-state index contributed by atoms with van der Waals surface area (Å²) >= 11 is 0. The van der Waals surface area contributed by atoms with E-state index >= 15 is 0 Å². The van der Waals surface area contributed by atoms with Crippen LogP contribution in [0.3, 0.4) is 0 Å². The van der Waals surface area contributed by atoms with Gasteiger partial charge in [-0.05, 0) is 32.1 Å². The molecule has 0 radical (unpaired) electrons. The van der Waals surface area contributed by atoms with Gasteiger partial charge in [0.05, 0.1) is 11.9 Å². The molecule has 2 aromatic rings. The molecule has 21 heavy (non-hydrogen) atoms. The molecule has 0 bridgehead atoms. The van der Waals surface area contributed by atoms with Gasteiger partial charge in [-0.15, -0.1) is 0 Å². The molecule has 6 nitrogen and oxygen atoms in total. The number of carbonyl (C=O) groups is 1. The Morgan fingerprint density at radius 1 is 1.29 bits per heavy atom. The van der Waals surface area contributed by atoms with Gasteiger partial charge in [0.1, 0.15) is 5.69 Å². The van der Waals surface area contributed by atoms with Crippen molar-refractivity contribution in [3.05, 3.63) is 28.8 Å². The number of fused-ring (bicyclic) bond motifs is 1. The maximum atomic E-state index is 11.5. The second-order valence-corrected chi connectivity index (χ2v) is 5.54. The molecule has 0 aromatic carbocycles. The van der Waals surface area contributed by atoms with E-state index in [1.807, 2.05) is 24.9 Å². The van der Waals surface area contributed by atoms with E-state index in [4.69, 9.17) is 0 Å². The highest BCUT2D eigenvalue weighted by molar-refractivity contribution is 5.87. The minimum atomic E-state index is -0.936. The van der Waals surface area contributed by atoms with Gasteiger partial charge >= 0.3 is 5.97 Å². The number of carboxylic acids is 1. The SMILES string of the molecule is CCc1nn(C)cc1-n1nc(C(=O)O)c2c1CCCCC2. The Hall–Kier alpha value is -2.11. The van der Waals surface area contributed by atoms with Gasteiger partial charge in [-0.25, -0.2) is 9.48 Å². The van der Waals surface area contributed by atoms with Crippen LogP contribution in [0.1, 0.15) is 53.6 Å². The maximum Gasteiger partial charge on any atom is 0.356 e. The highest BCUT2D eigenvalue weighted by atomic mass is 16.4. The van der Waals surface area contributed by atoms with Crippen LogP contribution < -0.4 is 0 Å². The average Bonchev–Trinajstić information content (AvgIpc) is 2.90. The molecule has 112 valence electrons. The lowest BCUT2D eigenvalue weighted by Gasteiger charge is -2.06. The Morgan fingerprint density at radius 2 is 2.05 bits per heavy atom. The zero-order valence-electron chi connectivity index (χ0n) is 12.5. The fraction of sp³-hybridized carbons (Fsp3) is 0.533. The Kier molecular flexibility index (Phi) is 3.53. The molecular formula is C15H20N4O2. The number of hydrogen-bond acceptors (Lipinski definition) is 3. The summed E-state index contributed by atoms with van der Waals surface area (Å²) in [5.74, 6) is -0.936. The van der Waals surface area contributed by atoms with Gasteiger partial charge in [-0.1, -0.05) is 13.3 Å². The van der Waals surface area contributed by atoms with Gasteiger partial charge in [0, 0.05) is 18.3 Å². The van der Waals surface area contributed by atoms with E-state index < -0.39 is 5.97 Å². The fourth-order valence-electron chi connectivity index (χ4n) is 3.10. The van der Waals surface area contributed by atoms with Crippen LogP contribution >= 0.6 is 0 Å². The number of aryl methyl sites for hydroxylation is 2. The number of carboxylic acid groups (broad SMARTS) is 1. The van der Waals surface area contributed by atoms with Crippen molar-refractivity contribution < 1.29 is 9.90 Å². The van der Waals surface area contributed by atoms with Gasteiger partial charge in [0.25, 0.3) is 0 Å². The Morgan fingerprint density at radius 3 is 2.76 bits per heavy atom. The van der Waals surface area contributed by atoms with E-state index in [2.05, 4.69) is 10.2 Å². The van der Waals surface area contributed by atoms with E-state index in [-0.39, 0.29) is 5.69 Å². The zero-order valence-corrected chi connectivity index (χ0v) is 12.5. The van der Waals surface area contributed by atoms with Crippen LogP contribution in [0.15, 0.2) is 6.20 Å². The average molecular weight is 288 g/mol. The summed E-state index contributed by atoms with van der Waals surface area (Å²) in [6.45, 7) is 2.05. The van der Waals surface area contributed by atoms with Gasteiger partial charge < -0.3 is 5.11 Å². The molecule has 0 saturated carbocycles. The molecule has 1 aliphatic rings. The molecule has 1 N–H and O–H groups in total. The number of rotatable bonds is 3. The second-order valence-electron chi connectivity index (χ2n) is 5.54. The fourth-order valence-corrected chi connectivity index (χ4v) is 3.10. The lowest BCUT2D eigenvalue weighted by atomic mass is 10.1. The summed E-state index contributed by atoms with van der Waals surface area (Å²) in [6, 6.07) is 0. The normalized spacial score (nSPS) is 14.8. The van der Waals surface area contributed by atoms with E-state index in [9.17, 15) is 9.90 Å². The zero-order chi connectivity index (χ0) is 15.0. The molecule has 2 heterocycles. The summed E-state index contributed by atoms with van der Waals surface area (Å²) in [5.41, 5.74) is 4.02. The third kappa shape index (κ3) is 2.34. The van der Waals surface area contributed by atoms with Crippen molar-refractivity contribution in [2.24, 2.45) is 7.05 Å². The monoisotopic (exact) mass is 288 g/mol. The molecule has 0 amide bonds.